The summed E-state index contributed by atoms with van der Waals surface area (Å²) in [6, 6.07) is 13.8. The minimum atomic E-state index is -4.13. The Morgan fingerprint density at radius 1 is 0.952 bits per heavy atom. The molecular weight excluding hydrogens is 908 g/mol. The zero-order valence-electron chi connectivity index (χ0n) is 33.3. The molecule has 2 aromatic heterocycles. The van der Waals surface area contributed by atoms with E-state index in [9.17, 15) is 32.0 Å². The van der Waals surface area contributed by atoms with Gasteiger partial charge in [0, 0.05) is 28.8 Å². The fourth-order valence-corrected chi connectivity index (χ4v) is 7.74. The van der Waals surface area contributed by atoms with Crippen LogP contribution in [0.5, 0.6) is 17.5 Å². The van der Waals surface area contributed by atoms with Gasteiger partial charge in [0.2, 0.25) is 5.95 Å². The molecule has 4 amide bonds. The number of anilines is 2. The summed E-state index contributed by atoms with van der Waals surface area (Å²) in [5.41, 5.74) is 1.37. The predicted octanol–water partition coefficient (Wildman–Crippen LogP) is 7.33. The highest BCUT2D eigenvalue weighted by atomic mass is 35.5. The first-order valence-electron chi connectivity index (χ1n) is 18.4. The van der Waals surface area contributed by atoms with Gasteiger partial charge in [-0.3, -0.25) is 19.9 Å². The Morgan fingerprint density at radius 3 is 2.27 bits per heavy atom. The number of benzene rings is 3. The van der Waals surface area contributed by atoms with Gasteiger partial charge in [0.05, 0.1) is 27.9 Å². The van der Waals surface area contributed by atoms with E-state index in [0.717, 1.165) is 29.2 Å². The first kappa shape index (κ1) is 47.5. The average Bonchev–Trinajstić information content (AvgIpc) is 3.49. The molecule has 0 bridgehead atoms. The number of carboxylic acids is 1. The number of carbonyl (C=O) groups is 4. The maximum Gasteiger partial charge on any atom is 0.341 e. The Hall–Kier alpha value is -6.59. The smallest absolute Gasteiger partial charge is 0.341 e. The molecule has 1 aliphatic heterocycles. The van der Waals surface area contributed by atoms with Crippen LogP contribution in [-0.4, -0.2) is 77.1 Å². The molecule has 3 aromatic carbocycles. The van der Waals surface area contributed by atoms with Crippen LogP contribution in [0.15, 0.2) is 82.9 Å². The Kier molecular flexibility index (Phi) is 15.8. The van der Waals surface area contributed by atoms with Crippen LogP contribution < -0.4 is 29.1 Å². The van der Waals surface area contributed by atoms with E-state index in [0.29, 0.717) is 46.1 Å². The number of hydrogen-bond donors (Lipinski definition) is 3. The molecule has 3 N–H and O–H groups in total. The second kappa shape index (κ2) is 21.0. The number of nitrogens with one attached hydrogen (secondary N) is 2. The summed E-state index contributed by atoms with van der Waals surface area (Å²) in [4.78, 5) is 63.6. The van der Waals surface area contributed by atoms with Gasteiger partial charge in [-0.25, -0.2) is 32.0 Å². The molecule has 1 aliphatic carbocycles. The molecular formula is C41H35Cl3FN7O10S. The molecule has 1 atom stereocenters. The van der Waals surface area contributed by atoms with Crippen LogP contribution in [0.4, 0.5) is 20.8 Å². The number of amides is 4. The van der Waals surface area contributed by atoms with Crippen molar-refractivity contribution in [2.24, 2.45) is 0 Å². The third kappa shape index (κ3) is 11.9. The van der Waals surface area contributed by atoms with Crippen molar-refractivity contribution in [3.63, 3.8) is 0 Å². The summed E-state index contributed by atoms with van der Waals surface area (Å²) in [5, 5.41) is 12.0. The number of ether oxygens (including phenoxy) is 3. The number of methoxy groups -OCH3 is 1. The SMILES string of the molecule is C#CC(C)Oc1cc(N2C(=O)C3=C(CCCC3)C2=O)c(F)cc1Cl.COc1nc(C)nc(NC(=O)NS(=O)(=O)c2ccccc2Cl)n1.O=C(O)COc1ccc(Cl)c2cccnc12. The quantitative estimate of drug-likeness (QED) is 0.0920. The second-order valence-corrected chi connectivity index (χ2v) is 16.0. The number of aromatic nitrogens is 4. The van der Waals surface area contributed by atoms with E-state index in [1.54, 1.807) is 50.4 Å². The van der Waals surface area contributed by atoms with Gasteiger partial charge in [0.1, 0.15) is 33.6 Å². The summed E-state index contributed by atoms with van der Waals surface area (Å²) in [6.07, 6.45) is 9.07. The van der Waals surface area contributed by atoms with E-state index in [4.69, 9.17) is 60.5 Å². The number of carboxylic acid groups (broad SMARTS) is 1. The first-order valence-corrected chi connectivity index (χ1v) is 21.0. The van der Waals surface area contributed by atoms with Gasteiger partial charge >= 0.3 is 18.0 Å². The molecule has 0 saturated carbocycles. The third-order valence-electron chi connectivity index (χ3n) is 8.69. The van der Waals surface area contributed by atoms with Crippen molar-refractivity contribution in [1.82, 2.24) is 24.7 Å². The molecule has 63 heavy (non-hydrogen) atoms. The average molecular weight is 943 g/mol. The Morgan fingerprint density at radius 2 is 1.63 bits per heavy atom. The summed E-state index contributed by atoms with van der Waals surface area (Å²) >= 11 is 17.8. The van der Waals surface area contributed by atoms with Crippen LogP contribution in [0.25, 0.3) is 10.9 Å². The van der Waals surface area contributed by atoms with Crippen LogP contribution in [0, 0.1) is 25.1 Å². The molecule has 1 unspecified atom stereocenters. The van der Waals surface area contributed by atoms with Crippen molar-refractivity contribution in [3.8, 4) is 29.9 Å². The number of aliphatic carboxylic acids is 1. The lowest BCUT2D eigenvalue weighted by atomic mass is 9.93. The van der Waals surface area contributed by atoms with Crippen molar-refractivity contribution in [2.75, 3.05) is 23.9 Å². The summed E-state index contributed by atoms with van der Waals surface area (Å²) < 4.78 is 55.8. The predicted molar refractivity (Wildman–Crippen MR) is 230 cm³/mol. The monoisotopic (exact) mass is 941 g/mol. The molecule has 328 valence electrons. The van der Waals surface area contributed by atoms with Crippen LogP contribution in [-0.2, 0) is 24.4 Å². The molecule has 3 heterocycles. The fraction of sp³-hybridized carbons (Fsp3) is 0.220. The van der Waals surface area contributed by atoms with Crippen molar-refractivity contribution in [1.29, 1.82) is 0 Å². The summed E-state index contributed by atoms with van der Waals surface area (Å²) in [5.74, 6) is 0.339. The molecule has 0 fully saturated rings. The number of nitrogens with zero attached hydrogens (tertiary/aromatic N) is 5. The summed E-state index contributed by atoms with van der Waals surface area (Å²) in [6.45, 7) is 2.80. The van der Waals surface area contributed by atoms with Gasteiger partial charge in [-0.15, -0.1) is 6.42 Å². The highest BCUT2D eigenvalue weighted by Gasteiger charge is 2.41. The molecule has 22 heteroatoms. The lowest BCUT2D eigenvalue weighted by molar-refractivity contribution is -0.139. The Labute approximate surface area is 374 Å². The lowest BCUT2D eigenvalue weighted by Gasteiger charge is -2.19. The van der Waals surface area contributed by atoms with Crippen LogP contribution >= 0.6 is 34.8 Å². The number of hydrogen-bond acceptors (Lipinski definition) is 13. The van der Waals surface area contributed by atoms with Crippen molar-refractivity contribution < 1.29 is 51.3 Å². The maximum atomic E-state index is 14.4. The van der Waals surface area contributed by atoms with Gasteiger partial charge < -0.3 is 19.3 Å². The standard InChI is InChI=1S/C18H15ClFNO3.C12H12ClN5O4S.C11H8ClNO3/c1-3-10(2)24-16-9-15(14(20)8-13(16)19)21-17(22)11-6-4-5-7-12(11)18(21)23;1-7-14-10(17-12(15-7)22-2)16-11(19)18-23(20,21)9-6-4-3-5-8(9)13;12-8-3-4-9(16-6-10(14)15)11-7(8)2-1-5-13-11/h1,8-10H,4-7H2,2H3;3-6H,1-2H3,(H2,14,15,16,17,18,19);1-5H,6H2,(H,14,15). The van der Waals surface area contributed by atoms with Crippen LogP contribution in [0.1, 0.15) is 38.4 Å². The van der Waals surface area contributed by atoms with Crippen LogP contribution in [0.3, 0.4) is 0 Å². The maximum absolute atomic E-state index is 14.4. The van der Waals surface area contributed by atoms with Crippen molar-refractivity contribution >= 4 is 91.2 Å². The summed E-state index contributed by atoms with van der Waals surface area (Å²) in [7, 11) is -2.78. The Balaban J connectivity index is 0.000000182. The van der Waals surface area contributed by atoms with E-state index >= 15 is 0 Å². The van der Waals surface area contributed by atoms with E-state index in [2.05, 4.69) is 31.2 Å². The number of terminal acetylenes is 1. The van der Waals surface area contributed by atoms with E-state index in [1.807, 2.05) is 4.72 Å². The first-order chi connectivity index (χ1) is 29.9. The highest BCUT2D eigenvalue weighted by molar-refractivity contribution is 7.90. The topological polar surface area (TPSA) is 229 Å². The minimum Gasteiger partial charge on any atom is -0.480 e. The van der Waals surface area contributed by atoms with E-state index in [-0.39, 0.29) is 38.3 Å². The number of aryl methyl sites for hydroxylation is 1. The zero-order valence-corrected chi connectivity index (χ0v) is 36.4. The number of pyridine rings is 1. The van der Waals surface area contributed by atoms with Crippen molar-refractivity contribution in [2.45, 2.75) is 50.5 Å². The van der Waals surface area contributed by atoms with Gasteiger partial charge in [-0.05, 0) is 82.0 Å². The van der Waals surface area contributed by atoms with Gasteiger partial charge in [-0.2, -0.15) is 15.0 Å². The Bertz CT molecular complexity index is 2760. The molecule has 2 aliphatic rings. The fourth-order valence-electron chi connectivity index (χ4n) is 5.90. The highest BCUT2D eigenvalue weighted by Crippen LogP contribution is 2.40. The zero-order chi connectivity index (χ0) is 46.0. The molecule has 0 spiro atoms. The third-order valence-corrected chi connectivity index (χ3v) is 11.1. The molecule has 17 nitrogen and oxygen atoms in total. The van der Waals surface area contributed by atoms with Gasteiger partial charge in [0.15, 0.2) is 12.7 Å². The molecule has 0 radical (unpaired) electrons. The van der Waals surface area contributed by atoms with Crippen molar-refractivity contribution in [3.05, 3.63) is 105 Å². The normalized spacial score (nSPS) is 13.7. The molecule has 0 saturated heterocycles. The van der Waals surface area contributed by atoms with Crippen LogP contribution in [0.2, 0.25) is 15.1 Å². The largest absolute Gasteiger partial charge is 0.480 e. The number of fused-ring (bicyclic) bond motifs is 1. The number of carbonyl (C=O) groups excluding carboxylic acids is 3. The minimum absolute atomic E-state index is 0.00882. The molecule has 5 aromatic rings. The van der Waals surface area contributed by atoms with E-state index in [1.165, 1.54) is 31.4 Å². The number of rotatable bonds is 10. The number of sulfonamides is 1. The second-order valence-electron chi connectivity index (χ2n) is 13.1. The van der Waals surface area contributed by atoms with Gasteiger partial charge in [0.25, 0.3) is 21.8 Å². The number of urea groups is 1. The number of imide groups is 1. The molecule has 7 rings (SSSR count). The number of halogens is 4. The van der Waals surface area contributed by atoms with E-state index < -0.39 is 52.4 Å². The lowest BCUT2D eigenvalue weighted by Crippen LogP contribution is -2.35. The van der Waals surface area contributed by atoms with Gasteiger partial charge in [-0.1, -0.05) is 52.9 Å².